The molecule has 7 nitrogen and oxygen atoms in total. The third-order valence-corrected chi connectivity index (χ3v) is 10.2. The number of rotatable bonds is 10. The Kier molecular flexibility index (Phi) is 9.80. The standard InChI is InChI=1S/C31H36N2O5S2/c1-22-10-12-25(13-11-22)37-21-29(35)32-24-8-6-7-23(19-24)26-14-15-27(40-26)31(16-3-5-18-39-31)20-28(34)33-38-30-9-2-4-17-36-30/h6-8,10-15,19,30H,2-5,9,16-18,20-21H2,1H3,(H,32,35)(H,33,34)/t30?,31-/m0/s1. The fourth-order valence-corrected chi connectivity index (χ4v) is 7.86. The molecule has 0 saturated carbocycles. The molecule has 40 heavy (non-hydrogen) atoms. The van der Waals surface area contributed by atoms with Gasteiger partial charge in [-0.2, -0.15) is 0 Å². The van der Waals surface area contributed by atoms with Gasteiger partial charge < -0.3 is 14.8 Å². The summed E-state index contributed by atoms with van der Waals surface area (Å²) in [6, 6.07) is 19.7. The first-order valence-electron chi connectivity index (χ1n) is 13.9. The van der Waals surface area contributed by atoms with E-state index in [-0.39, 0.29) is 29.5 Å². The van der Waals surface area contributed by atoms with Gasteiger partial charge in [-0.15, -0.1) is 23.1 Å². The largest absolute Gasteiger partial charge is 0.484 e. The lowest BCUT2D eigenvalue weighted by Gasteiger charge is -2.35. The van der Waals surface area contributed by atoms with Gasteiger partial charge in [0.1, 0.15) is 5.75 Å². The third kappa shape index (κ3) is 7.66. The summed E-state index contributed by atoms with van der Waals surface area (Å²) in [5, 5.41) is 2.94. The van der Waals surface area contributed by atoms with Crippen molar-refractivity contribution in [2.75, 3.05) is 24.3 Å². The second kappa shape index (κ2) is 13.7. The number of ether oxygens (including phenoxy) is 2. The average molecular weight is 581 g/mol. The number of hydrogen-bond acceptors (Lipinski definition) is 7. The normalized spacial score (nSPS) is 21.0. The van der Waals surface area contributed by atoms with E-state index < -0.39 is 0 Å². The first-order chi connectivity index (χ1) is 19.5. The summed E-state index contributed by atoms with van der Waals surface area (Å²) >= 11 is 3.58. The van der Waals surface area contributed by atoms with Crippen LogP contribution >= 0.6 is 23.1 Å². The van der Waals surface area contributed by atoms with E-state index in [0.717, 1.165) is 60.3 Å². The van der Waals surface area contributed by atoms with Gasteiger partial charge in [0.05, 0.1) is 4.75 Å². The van der Waals surface area contributed by atoms with Crippen LogP contribution < -0.4 is 15.5 Å². The zero-order valence-electron chi connectivity index (χ0n) is 22.8. The van der Waals surface area contributed by atoms with Crippen LogP contribution in [0.25, 0.3) is 10.4 Å². The molecule has 1 unspecified atom stereocenters. The third-order valence-electron chi connectivity index (χ3n) is 7.12. The van der Waals surface area contributed by atoms with Crippen molar-refractivity contribution in [3.63, 3.8) is 0 Å². The summed E-state index contributed by atoms with van der Waals surface area (Å²) in [5.41, 5.74) is 5.53. The molecule has 2 aromatic carbocycles. The van der Waals surface area contributed by atoms with Gasteiger partial charge >= 0.3 is 0 Å². The Morgan fingerprint density at radius 1 is 1.02 bits per heavy atom. The zero-order valence-corrected chi connectivity index (χ0v) is 24.4. The topological polar surface area (TPSA) is 85.9 Å². The van der Waals surface area contributed by atoms with Gasteiger partial charge in [0.25, 0.3) is 5.91 Å². The lowest BCUT2D eigenvalue weighted by Crippen LogP contribution is -2.37. The second-order valence-corrected chi connectivity index (χ2v) is 12.9. The maximum absolute atomic E-state index is 13.0. The minimum absolute atomic E-state index is 0.0607. The number of aryl methyl sites for hydroxylation is 1. The van der Waals surface area contributed by atoms with Crippen LogP contribution in [0.5, 0.6) is 5.75 Å². The highest BCUT2D eigenvalue weighted by Gasteiger charge is 2.38. The van der Waals surface area contributed by atoms with Gasteiger partial charge in [0, 0.05) is 34.9 Å². The van der Waals surface area contributed by atoms with Crippen LogP contribution in [-0.2, 0) is 23.9 Å². The van der Waals surface area contributed by atoms with E-state index in [4.69, 9.17) is 14.3 Å². The fourth-order valence-electron chi connectivity index (χ4n) is 4.97. The highest BCUT2D eigenvalue weighted by atomic mass is 32.2. The Balaban J connectivity index is 1.22. The lowest BCUT2D eigenvalue weighted by molar-refractivity contribution is -0.200. The van der Waals surface area contributed by atoms with Gasteiger partial charge in [-0.05, 0) is 80.3 Å². The molecule has 2 aliphatic rings. The monoisotopic (exact) mass is 580 g/mol. The number of benzene rings is 2. The predicted molar refractivity (Wildman–Crippen MR) is 160 cm³/mol. The van der Waals surface area contributed by atoms with Crippen LogP contribution in [0.1, 0.15) is 55.4 Å². The minimum Gasteiger partial charge on any atom is -0.484 e. The SMILES string of the molecule is Cc1ccc(OCC(=O)Nc2cccc(-c3ccc([C@@]4(CC(=O)NOC5CCCCO5)CCCCS4)s3)c2)cc1. The van der Waals surface area contributed by atoms with E-state index in [0.29, 0.717) is 24.5 Å². The number of hydrogen-bond donors (Lipinski definition) is 2. The lowest BCUT2D eigenvalue weighted by atomic mass is 9.94. The van der Waals surface area contributed by atoms with Crippen molar-refractivity contribution in [2.45, 2.75) is 62.9 Å². The Bertz CT molecular complexity index is 1280. The molecule has 0 aliphatic carbocycles. The summed E-state index contributed by atoms with van der Waals surface area (Å²) in [4.78, 5) is 33.3. The van der Waals surface area contributed by atoms with Crippen LogP contribution in [0.3, 0.4) is 0 Å². The van der Waals surface area contributed by atoms with Gasteiger partial charge in [0.15, 0.2) is 12.9 Å². The van der Waals surface area contributed by atoms with Crippen molar-refractivity contribution in [1.82, 2.24) is 5.48 Å². The highest BCUT2D eigenvalue weighted by Crippen LogP contribution is 2.51. The number of nitrogens with one attached hydrogen (secondary N) is 2. The van der Waals surface area contributed by atoms with Crippen molar-refractivity contribution in [3.05, 3.63) is 71.1 Å². The van der Waals surface area contributed by atoms with E-state index >= 15 is 0 Å². The number of carbonyl (C=O) groups is 2. The van der Waals surface area contributed by atoms with Crippen LogP contribution in [0.4, 0.5) is 5.69 Å². The number of anilines is 1. The molecule has 2 amide bonds. The number of amides is 2. The maximum Gasteiger partial charge on any atom is 0.262 e. The Hall–Kier alpha value is -2.85. The van der Waals surface area contributed by atoms with E-state index in [2.05, 4.69) is 22.9 Å². The summed E-state index contributed by atoms with van der Waals surface area (Å²) in [5.74, 6) is 1.36. The summed E-state index contributed by atoms with van der Waals surface area (Å²) in [6.45, 7) is 2.62. The molecule has 0 radical (unpaired) electrons. The van der Waals surface area contributed by atoms with Crippen LogP contribution in [0.15, 0.2) is 60.7 Å². The molecule has 0 spiro atoms. The molecular formula is C31H36N2O5S2. The number of thioether (sulfide) groups is 1. The predicted octanol–water partition coefficient (Wildman–Crippen LogP) is 6.82. The first kappa shape index (κ1) is 28.7. The summed E-state index contributed by atoms with van der Waals surface area (Å²) in [7, 11) is 0. The second-order valence-electron chi connectivity index (χ2n) is 10.3. The Labute approximate surface area is 243 Å². The maximum atomic E-state index is 13.0. The molecule has 1 aromatic heterocycles. The zero-order chi connectivity index (χ0) is 27.8. The molecule has 3 aromatic rings. The molecular weight excluding hydrogens is 544 g/mol. The smallest absolute Gasteiger partial charge is 0.262 e. The first-order valence-corrected chi connectivity index (χ1v) is 15.7. The molecule has 2 N–H and O–H groups in total. The van der Waals surface area contributed by atoms with Crippen molar-refractivity contribution >= 4 is 40.6 Å². The van der Waals surface area contributed by atoms with Crippen molar-refractivity contribution in [2.24, 2.45) is 0 Å². The van der Waals surface area contributed by atoms with Gasteiger partial charge in [-0.3, -0.25) is 9.59 Å². The van der Waals surface area contributed by atoms with E-state index in [9.17, 15) is 9.59 Å². The molecule has 2 fully saturated rings. The van der Waals surface area contributed by atoms with Gasteiger partial charge in [-0.1, -0.05) is 36.2 Å². The van der Waals surface area contributed by atoms with Crippen LogP contribution in [-0.4, -0.2) is 37.1 Å². The molecule has 3 heterocycles. The van der Waals surface area contributed by atoms with Crippen LogP contribution in [0, 0.1) is 6.92 Å². The molecule has 2 atom stereocenters. The van der Waals surface area contributed by atoms with Crippen molar-refractivity contribution in [3.8, 4) is 16.2 Å². The molecule has 5 rings (SSSR count). The highest BCUT2D eigenvalue weighted by molar-refractivity contribution is 8.00. The Morgan fingerprint density at radius 2 is 1.90 bits per heavy atom. The molecule has 0 bridgehead atoms. The molecule has 2 aliphatic heterocycles. The van der Waals surface area contributed by atoms with E-state index in [1.165, 1.54) is 4.88 Å². The van der Waals surface area contributed by atoms with Crippen LogP contribution in [0.2, 0.25) is 0 Å². The van der Waals surface area contributed by atoms with Gasteiger partial charge in [-0.25, -0.2) is 10.3 Å². The molecule has 2 saturated heterocycles. The molecule has 9 heteroatoms. The number of thiophene rings is 1. The number of carbonyl (C=O) groups excluding carboxylic acids is 2. The quantitative estimate of drug-likeness (QED) is 0.256. The molecule has 212 valence electrons. The van der Waals surface area contributed by atoms with E-state index in [1.807, 2.05) is 67.2 Å². The minimum atomic E-state index is -0.358. The summed E-state index contributed by atoms with van der Waals surface area (Å²) < 4.78 is 10.9. The summed E-state index contributed by atoms with van der Waals surface area (Å²) in [6.07, 6.45) is 6.08. The van der Waals surface area contributed by atoms with Crippen molar-refractivity contribution in [1.29, 1.82) is 0 Å². The van der Waals surface area contributed by atoms with E-state index in [1.54, 1.807) is 11.3 Å². The number of hydroxylamine groups is 1. The fraction of sp³-hybridized carbons (Fsp3) is 0.419. The van der Waals surface area contributed by atoms with Crippen molar-refractivity contribution < 1.29 is 23.9 Å². The van der Waals surface area contributed by atoms with Gasteiger partial charge in [0.2, 0.25) is 5.91 Å². The average Bonchev–Trinajstić information content (AvgIpc) is 3.49. The Morgan fingerprint density at radius 3 is 2.67 bits per heavy atom.